The maximum Gasteiger partial charge on any atom is 0.131 e. The molecule has 1 saturated heterocycles. The van der Waals surface area contributed by atoms with Crippen LogP contribution in [0.2, 0.25) is 0 Å². The van der Waals surface area contributed by atoms with Gasteiger partial charge in [0.25, 0.3) is 0 Å². The molecule has 3 heterocycles. The minimum Gasteiger partial charge on any atom is -0.357 e. The van der Waals surface area contributed by atoms with Gasteiger partial charge >= 0.3 is 0 Å². The van der Waals surface area contributed by atoms with E-state index in [1.807, 2.05) is 0 Å². The Kier molecular flexibility index (Phi) is 1.77. The first-order valence-corrected chi connectivity index (χ1v) is 5.36. The van der Waals surface area contributed by atoms with E-state index >= 15 is 0 Å². The molecule has 0 saturated carbocycles. The summed E-state index contributed by atoms with van der Waals surface area (Å²) in [6.07, 6.45) is 2.65. The zero-order valence-electron chi connectivity index (χ0n) is 8.58. The van der Waals surface area contributed by atoms with E-state index in [-0.39, 0.29) is 0 Å². The van der Waals surface area contributed by atoms with Crippen LogP contribution in [-0.4, -0.2) is 22.9 Å². The second-order valence-electron chi connectivity index (χ2n) is 4.17. The Bertz CT molecular complexity index is 349. The van der Waals surface area contributed by atoms with E-state index < -0.39 is 0 Å². The lowest BCUT2D eigenvalue weighted by molar-refractivity contribution is 0.676. The summed E-state index contributed by atoms with van der Waals surface area (Å²) in [7, 11) is 2.06. The Morgan fingerprint density at radius 3 is 2.79 bits per heavy atom. The fourth-order valence-corrected chi connectivity index (χ4v) is 2.57. The van der Waals surface area contributed by atoms with Gasteiger partial charge in [0.05, 0.1) is 5.69 Å². The van der Waals surface area contributed by atoms with Gasteiger partial charge in [-0.05, 0) is 12.8 Å². The molecule has 0 spiro atoms. The zero-order valence-corrected chi connectivity index (χ0v) is 8.58. The third kappa shape index (κ3) is 1.07. The van der Waals surface area contributed by atoms with E-state index in [1.54, 1.807) is 0 Å². The van der Waals surface area contributed by atoms with Crippen molar-refractivity contribution in [3.8, 4) is 0 Å². The van der Waals surface area contributed by atoms with Gasteiger partial charge in [-0.3, -0.25) is 4.68 Å². The van der Waals surface area contributed by atoms with E-state index in [4.69, 9.17) is 0 Å². The molecular weight excluding hydrogens is 176 g/mol. The largest absolute Gasteiger partial charge is 0.357 e. The van der Waals surface area contributed by atoms with Crippen LogP contribution in [0.25, 0.3) is 0 Å². The zero-order chi connectivity index (χ0) is 9.54. The standard InChI is InChI=1S/C10H16N4/c1-13-10(14-4-2-3-5-14)8-6-11-7-9(8)12-13/h11H,2-7H2,1H3. The van der Waals surface area contributed by atoms with Crippen molar-refractivity contribution < 1.29 is 0 Å². The SMILES string of the molecule is Cn1nc2c(c1N1CCCC1)CNC2. The number of fused-ring (bicyclic) bond motifs is 1. The summed E-state index contributed by atoms with van der Waals surface area (Å²) in [5.41, 5.74) is 2.67. The van der Waals surface area contributed by atoms with Gasteiger partial charge in [0.15, 0.2) is 0 Å². The highest BCUT2D eigenvalue weighted by Crippen LogP contribution is 2.29. The predicted octanol–water partition coefficient (Wildman–Crippen LogP) is 0.623. The van der Waals surface area contributed by atoms with Crippen molar-refractivity contribution in [2.24, 2.45) is 7.05 Å². The smallest absolute Gasteiger partial charge is 0.131 e. The Hall–Kier alpha value is -1.03. The number of hydrogen-bond donors (Lipinski definition) is 1. The van der Waals surface area contributed by atoms with Gasteiger partial charge in [0, 0.05) is 38.8 Å². The molecule has 3 rings (SSSR count). The van der Waals surface area contributed by atoms with Gasteiger partial charge < -0.3 is 10.2 Å². The van der Waals surface area contributed by atoms with Crippen LogP contribution in [-0.2, 0) is 20.1 Å². The van der Waals surface area contributed by atoms with Crippen LogP contribution in [0.5, 0.6) is 0 Å². The van der Waals surface area contributed by atoms with Crippen LogP contribution in [0, 0.1) is 0 Å². The maximum absolute atomic E-state index is 4.55. The number of rotatable bonds is 1. The minimum atomic E-state index is 0.941. The number of nitrogens with one attached hydrogen (secondary N) is 1. The number of anilines is 1. The Balaban J connectivity index is 2.02. The summed E-state index contributed by atoms with van der Waals surface area (Å²) in [5.74, 6) is 1.35. The van der Waals surface area contributed by atoms with E-state index in [1.165, 1.54) is 43.0 Å². The second kappa shape index (κ2) is 2.98. The van der Waals surface area contributed by atoms with E-state index in [9.17, 15) is 0 Å². The van der Waals surface area contributed by atoms with Crippen LogP contribution in [0.1, 0.15) is 24.1 Å². The lowest BCUT2D eigenvalue weighted by atomic mass is 10.2. The molecule has 76 valence electrons. The summed E-state index contributed by atoms with van der Waals surface area (Å²) in [4.78, 5) is 2.47. The van der Waals surface area contributed by atoms with Crippen molar-refractivity contribution in [2.45, 2.75) is 25.9 Å². The number of nitrogens with zero attached hydrogens (tertiary/aromatic N) is 3. The lowest BCUT2D eigenvalue weighted by Crippen LogP contribution is -2.22. The van der Waals surface area contributed by atoms with E-state index in [0.717, 1.165) is 13.1 Å². The fourth-order valence-electron chi connectivity index (χ4n) is 2.57. The molecule has 0 atom stereocenters. The number of aromatic nitrogens is 2. The maximum atomic E-state index is 4.55. The molecule has 1 aromatic rings. The van der Waals surface area contributed by atoms with Gasteiger partial charge in [-0.25, -0.2) is 0 Å². The summed E-state index contributed by atoms with van der Waals surface area (Å²) < 4.78 is 2.05. The fraction of sp³-hybridized carbons (Fsp3) is 0.700. The van der Waals surface area contributed by atoms with Crippen molar-refractivity contribution in [1.82, 2.24) is 15.1 Å². The third-order valence-corrected chi connectivity index (χ3v) is 3.20. The normalized spacial score (nSPS) is 20.5. The molecule has 2 aliphatic rings. The number of aryl methyl sites for hydroxylation is 1. The van der Waals surface area contributed by atoms with Gasteiger partial charge in [-0.2, -0.15) is 5.10 Å². The van der Waals surface area contributed by atoms with Gasteiger partial charge in [-0.15, -0.1) is 0 Å². The van der Waals surface area contributed by atoms with Crippen LogP contribution in [0.15, 0.2) is 0 Å². The van der Waals surface area contributed by atoms with Gasteiger partial charge in [0.1, 0.15) is 5.82 Å². The van der Waals surface area contributed by atoms with Crippen molar-refractivity contribution >= 4 is 5.82 Å². The molecule has 0 amide bonds. The first-order valence-electron chi connectivity index (χ1n) is 5.36. The van der Waals surface area contributed by atoms with Crippen LogP contribution in [0.3, 0.4) is 0 Å². The highest BCUT2D eigenvalue weighted by Gasteiger charge is 2.25. The molecule has 0 aliphatic carbocycles. The molecule has 14 heavy (non-hydrogen) atoms. The third-order valence-electron chi connectivity index (χ3n) is 3.20. The molecule has 1 aromatic heterocycles. The quantitative estimate of drug-likeness (QED) is 0.708. The summed E-state index contributed by atoms with van der Waals surface area (Å²) in [6.45, 7) is 4.34. The highest BCUT2D eigenvalue weighted by atomic mass is 15.4. The first-order chi connectivity index (χ1) is 6.86. The Labute approximate surface area is 83.9 Å². The predicted molar refractivity (Wildman–Crippen MR) is 55.2 cm³/mol. The Morgan fingerprint density at radius 2 is 2.00 bits per heavy atom. The molecule has 4 heteroatoms. The highest BCUT2D eigenvalue weighted by molar-refractivity contribution is 5.52. The van der Waals surface area contributed by atoms with Crippen molar-refractivity contribution in [3.63, 3.8) is 0 Å². The van der Waals surface area contributed by atoms with Gasteiger partial charge in [0.2, 0.25) is 0 Å². The van der Waals surface area contributed by atoms with E-state index in [0.29, 0.717) is 0 Å². The van der Waals surface area contributed by atoms with Crippen molar-refractivity contribution in [2.75, 3.05) is 18.0 Å². The monoisotopic (exact) mass is 192 g/mol. The van der Waals surface area contributed by atoms with E-state index in [2.05, 4.69) is 27.0 Å². The topological polar surface area (TPSA) is 33.1 Å². The molecule has 2 aliphatic heterocycles. The summed E-state index contributed by atoms with van der Waals surface area (Å²) in [6, 6.07) is 0. The number of hydrogen-bond acceptors (Lipinski definition) is 3. The van der Waals surface area contributed by atoms with Crippen LogP contribution in [0.4, 0.5) is 5.82 Å². The molecule has 4 nitrogen and oxygen atoms in total. The molecule has 0 aromatic carbocycles. The van der Waals surface area contributed by atoms with Gasteiger partial charge in [-0.1, -0.05) is 0 Å². The molecule has 0 unspecified atom stereocenters. The molecule has 1 N–H and O–H groups in total. The lowest BCUT2D eigenvalue weighted by Gasteiger charge is -2.18. The summed E-state index contributed by atoms with van der Waals surface area (Å²) in [5, 5.41) is 7.90. The molecule has 0 bridgehead atoms. The average Bonchev–Trinajstić information content (AvgIpc) is 2.78. The summed E-state index contributed by atoms with van der Waals surface area (Å²) >= 11 is 0. The first kappa shape index (κ1) is 8.29. The Morgan fingerprint density at radius 1 is 1.21 bits per heavy atom. The second-order valence-corrected chi connectivity index (χ2v) is 4.17. The minimum absolute atomic E-state index is 0.941. The molecular formula is C10H16N4. The van der Waals surface area contributed by atoms with Crippen molar-refractivity contribution in [1.29, 1.82) is 0 Å². The molecule has 1 fully saturated rings. The van der Waals surface area contributed by atoms with Crippen LogP contribution >= 0.6 is 0 Å². The van der Waals surface area contributed by atoms with Crippen molar-refractivity contribution in [3.05, 3.63) is 11.3 Å². The average molecular weight is 192 g/mol. The van der Waals surface area contributed by atoms with Crippen LogP contribution < -0.4 is 10.2 Å². The molecule has 0 radical (unpaired) electrons.